The summed E-state index contributed by atoms with van der Waals surface area (Å²) in [6.45, 7) is 4.04. The molecule has 0 saturated carbocycles. The molecule has 0 unspecified atom stereocenters. The van der Waals surface area contributed by atoms with Crippen molar-refractivity contribution in [2.24, 2.45) is 0 Å². The number of aryl methyl sites for hydroxylation is 1. The van der Waals surface area contributed by atoms with Gasteiger partial charge in [-0.15, -0.1) is 0 Å². The molecule has 0 spiro atoms. The van der Waals surface area contributed by atoms with Crippen LogP contribution in [0.3, 0.4) is 0 Å². The topological polar surface area (TPSA) is 58.6 Å². The number of rotatable bonds is 8. The van der Waals surface area contributed by atoms with Crippen molar-refractivity contribution in [3.05, 3.63) is 64.4 Å². The number of hydrogen-bond acceptors (Lipinski definition) is 3. The van der Waals surface area contributed by atoms with Crippen molar-refractivity contribution >= 4 is 23.4 Å². The molecule has 144 valence electrons. The zero-order valence-electron chi connectivity index (χ0n) is 15.3. The first-order valence-corrected chi connectivity index (χ1v) is 8.94. The summed E-state index contributed by atoms with van der Waals surface area (Å²) in [5.74, 6) is -0.339. The number of carbonyl (C=O) groups excluding carboxylic acids is 2. The number of nitrogens with one attached hydrogen (secondary N) is 1. The molecule has 0 bridgehead atoms. The van der Waals surface area contributed by atoms with E-state index in [4.69, 9.17) is 16.3 Å². The zero-order valence-corrected chi connectivity index (χ0v) is 16.1. The highest BCUT2D eigenvalue weighted by Crippen LogP contribution is 2.21. The summed E-state index contributed by atoms with van der Waals surface area (Å²) in [7, 11) is 0. The Balaban J connectivity index is 1.82. The minimum atomic E-state index is -0.330. The molecule has 2 rings (SSSR count). The molecular weight excluding hydrogens is 371 g/mol. The van der Waals surface area contributed by atoms with Crippen molar-refractivity contribution in [2.75, 3.05) is 19.7 Å². The zero-order chi connectivity index (χ0) is 19.8. The van der Waals surface area contributed by atoms with E-state index < -0.39 is 0 Å². The molecule has 0 fully saturated rings. The molecule has 0 aliphatic rings. The molecule has 2 aromatic carbocycles. The van der Waals surface area contributed by atoms with Crippen LogP contribution in [0, 0.1) is 12.7 Å². The van der Waals surface area contributed by atoms with Crippen LogP contribution in [0.2, 0.25) is 5.02 Å². The van der Waals surface area contributed by atoms with Gasteiger partial charge >= 0.3 is 0 Å². The van der Waals surface area contributed by atoms with Gasteiger partial charge in [0.2, 0.25) is 5.91 Å². The van der Waals surface area contributed by atoms with E-state index in [2.05, 4.69) is 5.32 Å². The second-order valence-corrected chi connectivity index (χ2v) is 6.45. The largest absolute Gasteiger partial charge is 0.483 e. The molecule has 1 N–H and O–H groups in total. The molecule has 0 aromatic heterocycles. The normalized spacial score (nSPS) is 10.4. The number of amides is 2. The fourth-order valence-corrected chi connectivity index (χ4v) is 2.64. The van der Waals surface area contributed by atoms with Gasteiger partial charge in [0.25, 0.3) is 5.91 Å². The van der Waals surface area contributed by atoms with Crippen LogP contribution in [0.15, 0.2) is 42.5 Å². The van der Waals surface area contributed by atoms with Crippen molar-refractivity contribution < 1.29 is 18.7 Å². The number of likely N-dealkylation sites (N-methyl/N-ethyl adjacent to an activating group) is 1. The molecule has 27 heavy (non-hydrogen) atoms. The summed E-state index contributed by atoms with van der Waals surface area (Å²) in [4.78, 5) is 25.8. The maximum absolute atomic E-state index is 12.9. The van der Waals surface area contributed by atoms with Gasteiger partial charge in [-0.05, 0) is 55.3 Å². The molecule has 7 heteroatoms. The lowest BCUT2D eigenvalue weighted by atomic mass is 10.2. The molecule has 2 aromatic rings. The van der Waals surface area contributed by atoms with Crippen molar-refractivity contribution in [3.63, 3.8) is 0 Å². The smallest absolute Gasteiger partial charge is 0.260 e. The van der Waals surface area contributed by atoms with Gasteiger partial charge in [0, 0.05) is 18.1 Å². The fraction of sp³-hybridized carbons (Fsp3) is 0.300. The Morgan fingerprint density at radius 2 is 1.89 bits per heavy atom. The predicted octanol–water partition coefficient (Wildman–Crippen LogP) is 3.33. The Labute approximate surface area is 163 Å². The van der Waals surface area contributed by atoms with Gasteiger partial charge in [0.05, 0.1) is 6.54 Å². The van der Waals surface area contributed by atoms with E-state index in [9.17, 15) is 14.0 Å². The second-order valence-electron chi connectivity index (χ2n) is 6.01. The monoisotopic (exact) mass is 392 g/mol. The Kier molecular flexibility index (Phi) is 7.61. The molecule has 0 radical (unpaired) electrons. The molecule has 0 heterocycles. The number of ether oxygens (including phenoxy) is 1. The van der Waals surface area contributed by atoms with Gasteiger partial charge in [-0.1, -0.05) is 23.7 Å². The van der Waals surface area contributed by atoms with Crippen LogP contribution < -0.4 is 10.1 Å². The molecule has 0 atom stereocenters. The number of nitrogens with zero attached hydrogens (tertiary/aromatic N) is 1. The number of carbonyl (C=O) groups is 2. The van der Waals surface area contributed by atoms with Gasteiger partial charge in [0.1, 0.15) is 11.6 Å². The van der Waals surface area contributed by atoms with E-state index in [1.54, 1.807) is 37.3 Å². The van der Waals surface area contributed by atoms with E-state index in [1.165, 1.54) is 17.0 Å². The average molecular weight is 393 g/mol. The lowest BCUT2D eigenvalue weighted by Crippen LogP contribution is -2.42. The molecule has 0 aliphatic carbocycles. The third-order valence-corrected chi connectivity index (χ3v) is 4.20. The molecule has 5 nitrogen and oxygen atoms in total. The minimum Gasteiger partial charge on any atom is -0.483 e. The van der Waals surface area contributed by atoms with Crippen molar-refractivity contribution in [3.8, 4) is 5.75 Å². The van der Waals surface area contributed by atoms with Crippen LogP contribution >= 0.6 is 11.6 Å². The Bertz CT molecular complexity index is 796. The molecule has 0 aliphatic heterocycles. The number of halogens is 2. The first-order valence-electron chi connectivity index (χ1n) is 8.57. The van der Waals surface area contributed by atoms with Gasteiger partial charge in [-0.25, -0.2) is 4.39 Å². The van der Waals surface area contributed by atoms with E-state index in [-0.39, 0.29) is 37.3 Å². The summed E-state index contributed by atoms with van der Waals surface area (Å²) >= 11 is 5.90. The number of hydrogen-bond donors (Lipinski definition) is 1. The van der Waals surface area contributed by atoms with E-state index in [1.807, 2.05) is 6.92 Å². The van der Waals surface area contributed by atoms with Crippen molar-refractivity contribution in [2.45, 2.75) is 20.4 Å². The van der Waals surface area contributed by atoms with Crippen LogP contribution in [0.5, 0.6) is 5.75 Å². The standard InChI is InChI=1S/C20H22ClFN2O3/c1-3-24(12-19(25)23-11-15-4-7-17(22)8-5-15)20(26)13-27-18-9-6-16(21)10-14(18)2/h4-10H,3,11-13H2,1-2H3,(H,23,25). The van der Waals surface area contributed by atoms with Crippen LogP contribution in [0.4, 0.5) is 4.39 Å². The quantitative estimate of drug-likeness (QED) is 0.749. The lowest BCUT2D eigenvalue weighted by molar-refractivity contribution is -0.137. The predicted molar refractivity (Wildman–Crippen MR) is 102 cm³/mol. The van der Waals surface area contributed by atoms with Crippen molar-refractivity contribution in [1.82, 2.24) is 10.2 Å². The molecular formula is C20H22ClFN2O3. The fourth-order valence-electron chi connectivity index (χ4n) is 2.41. The first kappa shape index (κ1) is 20.7. The third-order valence-electron chi connectivity index (χ3n) is 3.96. The van der Waals surface area contributed by atoms with Gasteiger partial charge < -0.3 is 15.0 Å². The summed E-state index contributed by atoms with van der Waals surface area (Å²) in [5, 5.41) is 3.31. The first-order chi connectivity index (χ1) is 12.9. The van der Waals surface area contributed by atoms with E-state index in [0.717, 1.165) is 11.1 Å². The van der Waals surface area contributed by atoms with Gasteiger partial charge in [-0.2, -0.15) is 0 Å². The van der Waals surface area contributed by atoms with Crippen molar-refractivity contribution in [1.29, 1.82) is 0 Å². The maximum atomic E-state index is 12.9. The summed E-state index contributed by atoms with van der Waals surface area (Å²) in [6, 6.07) is 11.0. The Hall–Kier alpha value is -2.60. The molecule has 2 amide bonds. The average Bonchev–Trinajstić information content (AvgIpc) is 2.64. The summed E-state index contributed by atoms with van der Waals surface area (Å²) in [6.07, 6.45) is 0. The highest BCUT2D eigenvalue weighted by Gasteiger charge is 2.16. The maximum Gasteiger partial charge on any atom is 0.260 e. The van der Waals surface area contributed by atoms with E-state index >= 15 is 0 Å². The van der Waals surface area contributed by atoms with Crippen LogP contribution in [-0.4, -0.2) is 36.4 Å². The SMILES string of the molecule is CCN(CC(=O)NCc1ccc(F)cc1)C(=O)COc1ccc(Cl)cc1C. The highest BCUT2D eigenvalue weighted by atomic mass is 35.5. The second kappa shape index (κ2) is 9.92. The Morgan fingerprint density at radius 1 is 1.19 bits per heavy atom. The lowest BCUT2D eigenvalue weighted by Gasteiger charge is -2.21. The minimum absolute atomic E-state index is 0.0700. The van der Waals surface area contributed by atoms with Gasteiger partial charge in [-0.3, -0.25) is 9.59 Å². The van der Waals surface area contributed by atoms with Crippen LogP contribution in [-0.2, 0) is 16.1 Å². The number of benzene rings is 2. The van der Waals surface area contributed by atoms with Crippen LogP contribution in [0.25, 0.3) is 0 Å². The third kappa shape index (κ3) is 6.57. The summed E-state index contributed by atoms with van der Waals surface area (Å²) < 4.78 is 18.4. The molecule has 0 saturated heterocycles. The van der Waals surface area contributed by atoms with E-state index in [0.29, 0.717) is 17.3 Å². The Morgan fingerprint density at radius 3 is 2.52 bits per heavy atom. The van der Waals surface area contributed by atoms with Crippen LogP contribution in [0.1, 0.15) is 18.1 Å². The summed E-state index contributed by atoms with van der Waals surface area (Å²) in [5.41, 5.74) is 1.61. The highest BCUT2D eigenvalue weighted by molar-refractivity contribution is 6.30. The van der Waals surface area contributed by atoms with Gasteiger partial charge in [0.15, 0.2) is 6.61 Å².